The Balaban J connectivity index is 3.14. The van der Waals surface area contributed by atoms with Crippen LogP contribution in [0.25, 0.3) is 0 Å². The van der Waals surface area contributed by atoms with Gasteiger partial charge < -0.3 is 4.79 Å². The first-order chi connectivity index (χ1) is 5.77. The van der Waals surface area contributed by atoms with Crippen LogP contribution in [-0.2, 0) is 11.2 Å². The van der Waals surface area contributed by atoms with Crippen molar-refractivity contribution in [1.29, 1.82) is 5.26 Å². The van der Waals surface area contributed by atoms with Gasteiger partial charge in [-0.1, -0.05) is 15.9 Å². The molecule has 0 aliphatic rings. The standard InChI is InChI=1S/C9H6BrNO/c10-9-2-1-8(6-11)7(5-9)3-4-12/h1-2,4-5H,3H2. The van der Waals surface area contributed by atoms with Crippen molar-refractivity contribution < 1.29 is 4.79 Å². The second-order valence-corrected chi connectivity index (χ2v) is 3.20. The van der Waals surface area contributed by atoms with E-state index in [-0.39, 0.29) is 0 Å². The molecule has 1 aromatic carbocycles. The lowest BCUT2D eigenvalue weighted by Crippen LogP contribution is -1.90. The van der Waals surface area contributed by atoms with Crippen LogP contribution in [0, 0.1) is 11.3 Å². The highest BCUT2D eigenvalue weighted by atomic mass is 79.9. The first-order valence-electron chi connectivity index (χ1n) is 3.40. The van der Waals surface area contributed by atoms with Crippen LogP contribution in [0.15, 0.2) is 22.7 Å². The van der Waals surface area contributed by atoms with Gasteiger partial charge in [0.1, 0.15) is 6.29 Å². The van der Waals surface area contributed by atoms with Crippen molar-refractivity contribution >= 4 is 22.2 Å². The number of nitrogens with zero attached hydrogens (tertiary/aromatic N) is 1. The summed E-state index contributed by atoms with van der Waals surface area (Å²) >= 11 is 3.27. The van der Waals surface area contributed by atoms with Crippen LogP contribution in [-0.4, -0.2) is 6.29 Å². The molecule has 0 aromatic heterocycles. The second-order valence-electron chi connectivity index (χ2n) is 2.28. The van der Waals surface area contributed by atoms with Crippen LogP contribution < -0.4 is 0 Å². The van der Waals surface area contributed by atoms with Gasteiger partial charge in [0.15, 0.2) is 0 Å². The molecule has 1 aromatic rings. The lowest BCUT2D eigenvalue weighted by atomic mass is 10.1. The van der Waals surface area contributed by atoms with Crippen LogP contribution >= 0.6 is 15.9 Å². The third-order valence-corrected chi connectivity index (χ3v) is 1.98. The summed E-state index contributed by atoms with van der Waals surface area (Å²) in [5.74, 6) is 0. The zero-order valence-electron chi connectivity index (χ0n) is 6.25. The summed E-state index contributed by atoms with van der Waals surface area (Å²) in [7, 11) is 0. The topological polar surface area (TPSA) is 40.9 Å². The molecule has 0 radical (unpaired) electrons. The van der Waals surface area contributed by atoms with Crippen molar-refractivity contribution in [2.75, 3.05) is 0 Å². The monoisotopic (exact) mass is 223 g/mol. The van der Waals surface area contributed by atoms with Crippen LogP contribution in [0.2, 0.25) is 0 Å². The Kier molecular flexibility index (Phi) is 3.01. The fourth-order valence-electron chi connectivity index (χ4n) is 0.930. The minimum absolute atomic E-state index is 0.294. The molecule has 0 aliphatic carbocycles. The first-order valence-corrected chi connectivity index (χ1v) is 4.19. The summed E-state index contributed by atoms with van der Waals surface area (Å²) in [6, 6.07) is 7.29. The number of halogens is 1. The molecule has 0 saturated heterocycles. The van der Waals surface area contributed by atoms with Crippen molar-refractivity contribution in [2.45, 2.75) is 6.42 Å². The molecule has 0 N–H and O–H groups in total. The zero-order valence-corrected chi connectivity index (χ0v) is 7.84. The Hall–Kier alpha value is -1.14. The molecule has 0 unspecified atom stereocenters. The summed E-state index contributed by atoms with van der Waals surface area (Å²) in [6.07, 6.45) is 1.09. The molecule has 0 bridgehead atoms. The minimum Gasteiger partial charge on any atom is -0.303 e. The van der Waals surface area contributed by atoms with E-state index >= 15 is 0 Å². The quantitative estimate of drug-likeness (QED) is 0.721. The maximum absolute atomic E-state index is 10.2. The molecule has 0 saturated carbocycles. The largest absolute Gasteiger partial charge is 0.303 e. The molecular weight excluding hydrogens is 218 g/mol. The van der Waals surface area contributed by atoms with E-state index in [4.69, 9.17) is 5.26 Å². The summed E-state index contributed by atoms with van der Waals surface area (Å²) < 4.78 is 0.887. The van der Waals surface area contributed by atoms with Gasteiger partial charge in [-0.25, -0.2) is 0 Å². The van der Waals surface area contributed by atoms with E-state index in [9.17, 15) is 4.79 Å². The highest BCUT2D eigenvalue weighted by Crippen LogP contribution is 2.15. The summed E-state index contributed by atoms with van der Waals surface area (Å²) in [5.41, 5.74) is 1.33. The van der Waals surface area contributed by atoms with Gasteiger partial charge in [0.25, 0.3) is 0 Å². The lowest BCUT2D eigenvalue weighted by Gasteiger charge is -1.98. The molecule has 12 heavy (non-hydrogen) atoms. The third kappa shape index (κ3) is 1.93. The van der Waals surface area contributed by atoms with Gasteiger partial charge in [-0.3, -0.25) is 0 Å². The predicted molar refractivity (Wildman–Crippen MR) is 48.6 cm³/mol. The van der Waals surface area contributed by atoms with Gasteiger partial charge in [-0.2, -0.15) is 5.26 Å². The van der Waals surface area contributed by atoms with Crippen molar-refractivity contribution in [2.24, 2.45) is 0 Å². The van der Waals surface area contributed by atoms with E-state index in [2.05, 4.69) is 15.9 Å². The number of carbonyl (C=O) groups excluding carboxylic acids is 1. The van der Waals surface area contributed by atoms with E-state index < -0.39 is 0 Å². The van der Waals surface area contributed by atoms with Crippen molar-refractivity contribution in [3.05, 3.63) is 33.8 Å². The molecule has 2 nitrogen and oxygen atoms in total. The molecule has 0 atom stereocenters. The van der Waals surface area contributed by atoms with E-state index in [0.717, 1.165) is 16.3 Å². The zero-order chi connectivity index (χ0) is 8.97. The molecule has 0 fully saturated rings. The Morgan fingerprint density at radius 2 is 2.33 bits per heavy atom. The van der Waals surface area contributed by atoms with Crippen LogP contribution in [0.3, 0.4) is 0 Å². The van der Waals surface area contributed by atoms with Crippen LogP contribution in [0.1, 0.15) is 11.1 Å². The molecular formula is C9H6BrNO. The highest BCUT2D eigenvalue weighted by Gasteiger charge is 2.00. The Labute approximate surface area is 78.9 Å². The van der Waals surface area contributed by atoms with Gasteiger partial charge in [0, 0.05) is 10.9 Å². The third-order valence-electron chi connectivity index (χ3n) is 1.49. The minimum atomic E-state index is 0.294. The number of carbonyl (C=O) groups is 1. The highest BCUT2D eigenvalue weighted by molar-refractivity contribution is 9.10. The number of rotatable bonds is 2. The fraction of sp³-hybridized carbons (Fsp3) is 0.111. The summed E-state index contributed by atoms with van der Waals surface area (Å²) in [6.45, 7) is 0. The van der Waals surface area contributed by atoms with Gasteiger partial charge in [0.05, 0.1) is 11.6 Å². The van der Waals surface area contributed by atoms with Gasteiger partial charge in [-0.05, 0) is 23.8 Å². The molecule has 0 aliphatic heterocycles. The van der Waals surface area contributed by atoms with Crippen molar-refractivity contribution in [3.63, 3.8) is 0 Å². The Morgan fingerprint density at radius 3 is 2.92 bits per heavy atom. The number of nitriles is 1. The van der Waals surface area contributed by atoms with E-state index in [1.807, 2.05) is 6.07 Å². The molecule has 0 spiro atoms. The SMILES string of the molecule is N#Cc1ccc(Br)cc1CC=O. The van der Waals surface area contributed by atoms with Crippen molar-refractivity contribution in [3.8, 4) is 6.07 Å². The Morgan fingerprint density at radius 1 is 1.58 bits per heavy atom. The normalized spacial score (nSPS) is 9.00. The molecule has 0 heterocycles. The number of aldehydes is 1. The molecule has 0 amide bonds. The van der Waals surface area contributed by atoms with Gasteiger partial charge in [-0.15, -0.1) is 0 Å². The van der Waals surface area contributed by atoms with E-state index in [0.29, 0.717) is 12.0 Å². The van der Waals surface area contributed by atoms with E-state index in [1.165, 1.54) is 0 Å². The average molecular weight is 224 g/mol. The van der Waals surface area contributed by atoms with Crippen LogP contribution in [0.5, 0.6) is 0 Å². The second kappa shape index (κ2) is 4.03. The maximum atomic E-state index is 10.2. The van der Waals surface area contributed by atoms with Gasteiger partial charge in [0.2, 0.25) is 0 Å². The number of hydrogen-bond acceptors (Lipinski definition) is 2. The maximum Gasteiger partial charge on any atom is 0.124 e. The fourth-order valence-corrected chi connectivity index (χ4v) is 1.34. The Bertz CT molecular complexity index is 341. The summed E-state index contributed by atoms with van der Waals surface area (Å²) in [5, 5.41) is 8.65. The molecule has 3 heteroatoms. The predicted octanol–water partition coefficient (Wildman–Crippen LogP) is 2.06. The van der Waals surface area contributed by atoms with Crippen molar-refractivity contribution in [1.82, 2.24) is 0 Å². The van der Waals surface area contributed by atoms with Gasteiger partial charge >= 0.3 is 0 Å². The van der Waals surface area contributed by atoms with E-state index in [1.54, 1.807) is 18.2 Å². The molecule has 1 rings (SSSR count). The lowest BCUT2D eigenvalue weighted by molar-refractivity contribution is -0.107. The summed E-state index contributed by atoms with van der Waals surface area (Å²) in [4.78, 5) is 10.2. The van der Waals surface area contributed by atoms with Crippen LogP contribution in [0.4, 0.5) is 0 Å². The molecule has 60 valence electrons. The number of hydrogen-bond donors (Lipinski definition) is 0. The smallest absolute Gasteiger partial charge is 0.124 e. The first kappa shape index (κ1) is 8.95. The average Bonchev–Trinajstić information content (AvgIpc) is 2.05. The number of benzene rings is 1.